The van der Waals surface area contributed by atoms with Gasteiger partial charge in [-0.3, -0.25) is 0 Å². The minimum Gasteiger partial charge on any atom is -0.507 e. The van der Waals surface area contributed by atoms with Crippen LogP contribution in [0, 0.1) is 0 Å². The molecular formula is C16H13F3O3. The summed E-state index contributed by atoms with van der Waals surface area (Å²) in [5.74, 6) is -1.15. The summed E-state index contributed by atoms with van der Waals surface area (Å²) >= 11 is 0. The van der Waals surface area contributed by atoms with Gasteiger partial charge in [0.25, 0.3) is 0 Å². The molecule has 0 saturated heterocycles. The van der Waals surface area contributed by atoms with E-state index in [1.807, 2.05) is 0 Å². The number of phenolic OH excluding ortho intramolecular Hbond substituents is 1. The lowest BCUT2D eigenvalue weighted by molar-refractivity contribution is -0.221. The summed E-state index contributed by atoms with van der Waals surface area (Å²) in [7, 11) is 0. The first kappa shape index (κ1) is 15.9. The topological polar surface area (TPSA) is 46.5 Å². The molecule has 0 aliphatic heterocycles. The lowest BCUT2D eigenvalue weighted by atomic mass is 10.0. The van der Waals surface area contributed by atoms with Gasteiger partial charge in [-0.15, -0.1) is 0 Å². The SMILES string of the molecule is C=C(C)C(=O)OC(c1ccc2c(O)cccc2c1)C(F)(F)F. The summed E-state index contributed by atoms with van der Waals surface area (Å²) in [6, 6.07) is 8.28. The van der Waals surface area contributed by atoms with Crippen molar-refractivity contribution in [3.8, 4) is 5.75 Å². The first-order valence-electron chi connectivity index (χ1n) is 6.35. The van der Waals surface area contributed by atoms with Gasteiger partial charge in [-0.25, -0.2) is 4.79 Å². The van der Waals surface area contributed by atoms with E-state index in [0.717, 1.165) is 0 Å². The van der Waals surface area contributed by atoms with Crippen LogP contribution in [0.4, 0.5) is 13.2 Å². The first-order valence-corrected chi connectivity index (χ1v) is 6.35. The molecule has 0 saturated carbocycles. The van der Waals surface area contributed by atoms with Gasteiger partial charge in [0.15, 0.2) is 0 Å². The van der Waals surface area contributed by atoms with E-state index in [0.29, 0.717) is 10.8 Å². The van der Waals surface area contributed by atoms with Crippen LogP contribution in [0.1, 0.15) is 18.6 Å². The second-order valence-corrected chi connectivity index (χ2v) is 4.87. The number of benzene rings is 2. The predicted molar refractivity (Wildman–Crippen MR) is 75.3 cm³/mol. The van der Waals surface area contributed by atoms with Crippen molar-refractivity contribution in [1.82, 2.24) is 0 Å². The predicted octanol–water partition coefficient (Wildman–Crippen LogP) is 4.27. The third kappa shape index (κ3) is 3.21. The summed E-state index contributed by atoms with van der Waals surface area (Å²) in [6.45, 7) is 4.54. The Labute approximate surface area is 124 Å². The Kier molecular flexibility index (Phi) is 4.12. The molecule has 0 aliphatic rings. The first-order chi connectivity index (χ1) is 10.2. The molecule has 0 amide bonds. The lowest BCUT2D eigenvalue weighted by Gasteiger charge is -2.21. The van der Waals surface area contributed by atoms with E-state index in [4.69, 9.17) is 0 Å². The molecule has 6 heteroatoms. The molecule has 0 fully saturated rings. The van der Waals surface area contributed by atoms with Crippen LogP contribution in [-0.4, -0.2) is 17.3 Å². The second-order valence-electron chi connectivity index (χ2n) is 4.87. The van der Waals surface area contributed by atoms with Crippen molar-refractivity contribution < 1.29 is 27.8 Å². The van der Waals surface area contributed by atoms with Crippen molar-refractivity contribution in [2.45, 2.75) is 19.2 Å². The zero-order valence-corrected chi connectivity index (χ0v) is 11.6. The molecule has 2 aromatic carbocycles. The summed E-state index contributed by atoms with van der Waals surface area (Å²) in [5, 5.41) is 10.5. The quantitative estimate of drug-likeness (QED) is 0.680. The molecule has 22 heavy (non-hydrogen) atoms. The van der Waals surface area contributed by atoms with Gasteiger partial charge in [-0.2, -0.15) is 13.2 Å². The molecule has 0 radical (unpaired) electrons. The summed E-state index contributed by atoms with van der Waals surface area (Å²) in [4.78, 5) is 11.4. The number of hydrogen-bond acceptors (Lipinski definition) is 3. The van der Waals surface area contributed by atoms with Crippen molar-refractivity contribution in [3.05, 3.63) is 54.1 Å². The van der Waals surface area contributed by atoms with Crippen molar-refractivity contribution in [1.29, 1.82) is 0 Å². The van der Waals surface area contributed by atoms with Crippen LogP contribution < -0.4 is 0 Å². The molecule has 1 unspecified atom stereocenters. The van der Waals surface area contributed by atoms with Crippen LogP contribution in [0.2, 0.25) is 0 Å². The van der Waals surface area contributed by atoms with Crippen molar-refractivity contribution in [2.75, 3.05) is 0 Å². The molecule has 0 spiro atoms. The van der Waals surface area contributed by atoms with Gasteiger partial charge >= 0.3 is 12.1 Å². The fourth-order valence-electron chi connectivity index (χ4n) is 1.98. The summed E-state index contributed by atoms with van der Waals surface area (Å²) < 4.78 is 44.0. The van der Waals surface area contributed by atoms with Crippen LogP contribution in [0.5, 0.6) is 5.75 Å². The minimum absolute atomic E-state index is 0.0356. The van der Waals surface area contributed by atoms with E-state index in [-0.39, 0.29) is 16.9 Å². The van der Waals surface area contributed by atoms with Gasteiger partial charge < -0.3 is 9.84 Å². The maximum atomic E-state index is 13.2. The van der Waals surface area contributed by atoms with Crippen molar-refractivity contribution >= 4 is 16.7 Å². The minimum atomic E-state index is -4.75. The standard InChI is InChI=1S/C16H13F3O3/c1-9(2)15(21)22-14(16(17,18)19)11-6-7-12-10(8-11)4-3-5-13(12)20/h3-8,14,20H,1H2,2H3. The molecule has 0 aliphatic carbocycles. The molecule has 1 N–H and O–H groups in total. The van der Waals surface area contributed by atoms with E-state index < -0.39 is 18.2 Å². The Balaban J connectivity index is 2.48. The second kappa shape index (κ2) is 5.71. The third-order valence-electron chi connectivity index (χ3n) is 3.05. The average molecular weight is 310 g/mol. The zero-order valence-electron chi connectivity index (χ0n) is 11.6. The van der Waals surface area contributed by atoms with Crippen LogP contribution in [0.25, 0.3) is 10.8 Å². The number of phenols is 1. The number of hydrogen-bond donors (Lipinski definition) is 1. The summed E-state index contributed by atoms with van der Waals surface area (Å²) in [5.41, 5.74) is -0.340. The monoisotopic (exact) mass is 310 g/mol. The van der Waals surface area contributed by atoms with Gasteiger partial charge in [0.1, 0.15) is 5.75 Å². The van der Waals surface area contributed by atoms with E-state index in [1.165, 1.54) is 37.3 Å². The van der Waals surface area contributed by atoms with Gasteiger partial charge in [-0.05, 0) is 24.4 Å². The molecule has 2 aromatic rings. The highest BCUT2D eigenvalue weighted by Gasteiger charge is 2.44. The van der Waals surface area contributed by atoms with Crippen LogP contribution in [0.15, 0.2) is 48.6 Å². The maximum absolute atomic E-state index is 13.2. The van der Waals surface area contributed by atoms with Gasteiger partial charge in [0, 0.05) is 16.5 Å². The van der Waals surface area contributed by atoms with E-state index in [1.54, 1.807) is 6.07 Å². The van der Waals surface area contributed by atoms with Crippen molar-refractivity contribution in [2.24, 2.45) is 0 Å². The fraction of sp³-hybridized carbons (Fsp3) is 0.188. The van der Waals surface area contributed by atoms with Crippen LogP contribution in [-0.2, 0) is 9.53 Å². The zero-order chi connectivity index (χ0) is 16.5. The molecule has 116 valence electrons. The number of esters is 1. The highest BCUT2D eigenvalue weighted by Crippen LogP contribution is 2.38. The van der Waals surface area contributed by atoms with E-state index in [9.17, 15) is 23.1 Å². The van der Waals surface area contributed by atoms with Crippen LogP contribution >= 0.6 is 0 Å². The Bertz CT molecular complexity index is 735. The molecule has 2 rings (SSSR count). The number of fused-ring (bicyclic) bond motifs is 1. The molecule has 0 bridgehead atoms. The summed E-state index contributed by atoms with van der Waals surface area (Å²) in [6.07, 6.45) is -7.14. The smallest absolute Gasteiger partial charge is 0.429 e. The number of aromatic hydroxyl groups is 1. The van der Waals surface area contributed by atoms with Gasteiger partial charge in [0.05, 0.1) is 0 Å². The largest absolute Gasteiger partial charge is 0.507 e. The van der Waals surface area contributed by atoms with Crippen molar-refractivity contribution in [3.63, 3.8) is 0 Å². The number of carbonyl (C=O) groups excluding carboxylic acids is 1. The highest BCUT2D eigenvalue weighted by atomic mass is 19.4. The highest BCUT2D eigenvalue weighted by molar-refractivity contribution is 5.89. The van der Waals surface area contributed by atoms with Gasteiger partial charge in [-0.1, -0.05) is 30.8 Å². The number of alkyl halides is 3. The molecular weight excluding hydrogens is 297 g/mol. The Morgan fingerprint density at radius 1 is 1.27 bits per heavy atom. The number of ether oxygens (including phenoxy) is 1. The number of rotatable bonds is 3. The lowest BCUT2D eigenvalue weighted by Crippen LogP contribution is -2.26. The third-order valence-corrected chi connectivity index (χ3v) is 3.05. The molecule has 3 nitrogen and oxygen atoms in total. The van der Waals surface area contributed by atoms with E-state index >= 15 is 0 Å². The molecule has 0 heterocycles. The molecule has 1 atom stereocenters. The Morgan fingerprint density at radius 3 is 2.55 bits per heavy atom. The van der Waals surface area contributed by atoms with Crippen LogP contribution in [0.3, 0.4) is 0 Å². The maximum Gasteiger partial charge on any atom is 0.429 e. The Hall–Kier alpha value is -2.50. The normalized spacial score (nSPS) is 12.9. The Morgan fingerprint density at radius 2 is 1.95 bits per heavy atom. The number of carbonyl (C=O) groups is 1. The average Bonchev–Trinajstić information content (AvgIpc) is 2.43. The molecule has 0 aromatic heterocycles. The number of halogens is 3. The van der Waals surface area contributed by atoms with E-state index in [2.05, 4.69) is 11.3 Å². The fourth-order valence-corrected chi connectivity index (χ4v) is 1.98. The van der Waals surface area contributed by atoms with Gasteiger partial charge in [0.2, 0.25) is 6.10 Å².